The molecule has 0 heterocycles. The fourth-order valence-corrected chi connectivity index (χ4v) is 2.22. The van der Waals surface area contributed by atoms with Crippen LogP contribution in [0.1, 0.15) is 43.9 Å². The van der Waals surface area contributed by atoms with E-state index in [0.29, 0.717) is 19.4 Å². The fourth-order valence-electron chi connectivity index (χ4n) is 2.22. The first-order valence-corrected chi connectivity index (χ1v) is 7.87. The van der Waals surface area contributed by atoms with Gasteiger partial charge in [-0.25, -0.2) is 0 Å². The Bertz CT molecular complexity index is 481. The molecule has 5 nitrogen and oxygen atoms in total. The van der Waals surface area contributed by atoms with E-state index in [2.05, 4.69) is 5.32 Å². The molecule has 0 fully saturated rings. The number of carbonyl (C=O) groups is 2. The van der Waals surface area contributed by atoms with Gasteiger partial charge < -0.3 is 16.0 Å². The fraction of sp³-hybridized carbons (Fsp3) is 0.529. The van der Waals surface area contributed by atoms with Gasteiger partial charge in [-0.05, 0) is 32.8 Å². The van der Waals surface area contributed by atoms with Crippen LogP contribution >= 0.6 is 0 Å². The molecular formula is C17H27N3O2. The molecule has 1 rings (SSSR count). The highest BCUT2D eigenvalue weighted by Gasteiger charge is 2.15. The number of rotatable bonds is 8. The second-order valence-corrected chi connectivity index (χ2v) is 5.35. The summed E-state index contributed by atoms with van der Waals surface area (Å²) in [4.78, 5) is 25.6. The zero-order valence-corrected chi connectivity index (χ0v) is 13.8. The van der Waals surface area contributed by atoms with Crippen LogP contribution in [0.25, 0.3) is 0 Å². The van der Waals surface area contributed by atoms with E-state index >= 15 is 0 Å². The van der Waals surface area contributed by atoms with Gasteiger partial charge in [0.2, 0.25) is 11.8 Å². The van der Waals surface area contributed by atoms with Gasteiger partial charge in [-0.3, -0.25) is 9.59 Å². The lowest BCUT2D eigenvalue weighted by Crippen LogP contribution is -2.35. The second-order valence-electron chi connectivity index (χ2n) is 5.35. The van der Waals surface area contributed by atoms with Crippen LogP contribution in [0, 0.1) is 6.92 Å². The third kappa shape index (κ3) is 5.48. The average molecular weight is 305 g/mol. The maximum Gasteiger partial charge on any atom is 0.241 e. The van der Waals surface area contributed by atoms with Crippen molar-refractivity contribution in [2.24, 2.45) is 5.73 Å². The van der Waals surface area contributed by atoms with Crippen molar-refractivity contribution in [3.8, 4) is 0 Å². The van der Waals surface area contributed by atoms with Gasteiger partial charge in [0.1, 0.15) is 6.04 Å². The van der Waals surface area contributed by atoms with E-state index in [1.54, 1.807) is 4.90 Å². The maximum atomic E-state index is 12.0. The Labute approximate surface area is 132 Å². The van der Waals surface area contributed by atoms with E-state index in [4.69, 9.17) is 5.73 Å². The summed E-state index contributed by atoms with van der Waals surface area (Å²) in [6.45, 7) is 7.82. The minimum absolute atomic E-state index is 0.127. The van der Waals surface area contributed by atoms with E-state index in [1.165, 1.54) is 0 Å². The molecule has 3 N–H and O–H groups in total. The summed E-state index contributed by atoms with van der Waals surface area (Å²) in [6.07, 6.45) is 1.07. The molecule has 0 radical (unpaired) electrons. The smallest absolute Gasteiger partial charge is 0.241 e. The van der Waals surface area contributed by atoms with E-state index in [0.717, 1.165) is 24.2 Å². The minimum Gasteiger partial charge on any atom is -0.354 e. The van der Waals surface area contributed by atoms with Crippen LogP contribution in [-0.2, 0) is 9.59 Å². The Hall–Kier alpha value is -1.88. The average Bonchev–Trinajstić information content (AvgIpc) is 2.52. The molecule has 5 heteroatoms. The van der Waals surface area contributed by atoms with Gasteiger partial charge in [0.15, 0.2) is 0 Å². The standard InChI is InChI=1S/C17H27N3O2/c1-4-20(5-2)15(21)7-6-12-19-17(22)16(18)14-10-8-13(3)9-11-14/h8-11,16H,4-7,12,18H2,1-3H3,(H,19,22). The SMILES string of the molecule is CCN(CC)C(=O)CCCNC(=O)C(N)c1ccc(C)cc1. The molecule has 1 unspecified atom stereocenters. The molecule has 0 saturated heterocycles. The van der Waals surface area contributed by atoms with Crippen LogP contribution in [0.4, 0.5) is 0 Å². The Morgan fingerprint density at radius 1 is 1.18 bits per heavy atom. The van der Waals surface area contributed by atoms with E-state index in [9.17, 15) is 9.59 Å². The largest absolute Gasteiger partial charge is 0.354 e. The maximum absolute atomic E-state index is 12.0. The van der Waals surface area contributed by atoms with Gasteiger partial charge in [0, 0.05) is 26.1 Å². The molecule has 0 aliphatic heterocycles. The molecule has 2 amide bonds. The lowest BCUT2D eigenvalue weighted by molar-refractivity contribution is -0.131. The Morgan fingerprint density at radius 3 is 2.32 bits per heavy atom. The summed E-state index contributed by atoms with van der Waals surface area (Å²) in [6, 6.07) is 6.93. The van der Waals surface area contributed by atoms with Crippen molar-refractivity contribution < 1.29 is 9.59 Å². The molecular weight excluding hydrogens is 278 g/mol. The predicted molar refractivity (Wildman–Crippen MR) is 88.3 cm³/mol. The van der Waals surface area contributed by atoms with Crippen molar-refractivity contribution in [3.63, 3.8) is 0 Å². The number of aryl methyl sites for hydroxylation is 1. The number of nitrogens with zero attached hydrogens (tertiary/aromatic N) is 1. The molecule has 0 saturated carbocycles. The van der Waals surface area contributed by atoms with Crippen molar-refractivity contribution in [2.75, 3.05) is 19.6 Å². The Morgan fingerprint density at radius 2 is 1.77 bits per heavy atom. The number of amides is 2. The third-order valence-electron chi connectivity index (χ3n) is 3.70. The van der Waals surface area contributed by atoms with Crippen LogP contribution in [0.2, 0.25) is 0 Å². The third-order valence-corrected chi connectivity index (χ3v) is 3.70. The van der Waals surface area contributed by atoms with Gasteiger partial charge >= 0.3 is 0 Å². The van der Waals surface area contributed by atoms with Crippen molar-refractivity contribution in [1.82, 2.24) is 10.2 Å². The zero-order valence-electron chi connectivity index (χ0n) is 13.8. The molecule has 122 valence electrons. The molecule has 0 aliphatic carbocycles. The summed E-state index contributed by atoms with van der Waals surface area (Å²) >= 11 is 0. The minimum atomic E-state index is -0.668. The van der Waals surface area contributed by atoms with Gasteiger partial charge in [-0.2, -0.15) is 0 Å². The topological polar surface area (TPSA) is 75.4 Å². The molecule has 22 heavy (non-hydrogen) atoms. The van der Waals surface area contributed by atoms with Crippen LogP contribution in [0.3, 0.4) is 0 Å². The highest BCUT2D eigenvalue weighted by atomic mass is 16.2. The van der Waals surface area contributed by atoms with Crippen molar-refractivity contribution in [1.29, 1.82) is 0 Å². The van der Waals surface area contributed by atoms with E-state index < -0.39 is 6.04 Å². The number of benzene rings is 1. The van der Waals surface area contributed by atoms with E-state index in [1.807, 2.05) is 45.0 Å². The van der Waals surface area contributed by atoms with Crippen LogP contribution in [-0.4, -0.2) is 36.3 Å². The van der Waals surface area contributed by atoms with Crippen LogP contribution in [0.5, 0.6) is 0 Å². The highest BCUT2D eigenvalue weighted by Crippen LogP contribution is 2.11. The van der Waals surface area contributed by atoms with Crippen LogP contribution in [0.15, 0.2) is 24.3 Å². The quantitative estimate of drug-likeness (QED) is 0.719. The van der Waals surface area contributed by atoms with Gasteiger partial charge in [0.25, 0.3) is 0 Å². The number of hydrogen-bond donors (Lipinski definition) is 2. The van der Waals surface area contributed by atoms with Crippen molar-refractivity contribution in [2.45, 2.75) is 39.7 Å². The monoisotopic (exact) mass is 305 g/mol. The van der Waals surface area contributed by atoms with Crippen molar-refractivity contribution in [3.05, 3.63) is 35.4 Å². The zero-order chi connectivity index (χ0) is 16.5. The van der Waals surface area contributed by atoms with Crippen LogP contribution < -0.4 is 11.1 Å². The summed E-state index contributed by atoms with van der Waals surface area (Å²) in [5.74, 6) is -0.0822. The first-order chi connectivity index (χ1) is 10.5. The molecule has 0 aliphatic rings. The number of nitrogens with one attached hydrogen (secondary N) is 1. The Kier molecular flexibility index (Phi) is 7.60. The van der Waals surface area contributed by atoms with Crippen molar-refractivity contribution >= 4 is 11.8 Å². The van der Waals surface area contributed by atoms with E-state index in [-0.39, 0.29) is 11.8 Å². The van der Waals surface area contributed by atoms with Gasteiger partial charge in [0.05, 0.1) is 0 Å². The van der Waals surface area contributed by atoms with Gasteiger partial charge in [-0.15, -0.1) is 0 Å². The lowest BCUT2D eigenvalue weighted by atomic mass is 10.1. The molecule has 0 aromatic heterocycles. The number of carbonyl (C=O) groups excluding carboxylic acids is 2. The number of hydrogen-bond acceptors (Lipinski definition) is 3. The molecule has 1 atom stereocenters. The summed E-state index contributed by atoms with van der Waals surface area (Å²) in [7, 11) is 0. The molecule has 1 aromatic carbocycles. The molecule has 1 aromatic rings. The molecule has 0 spiro atoms. The summed E-state index contributed by atoms with van der Waals surface area (Å²) in [5.41, 5.74) is 7.86. The normalized spacial score (nSPS) is 11.8. The molecule has 0 bridgehead atoms. The Balaban J connectivity index is 2.34. The summed E-state index contributed by atoms with van der Waals surface area (Å²) < 4.78 is 0. The first kappa shape index (κ1) is 18.2. The highest BCUT2D eigenvalue weighted by molar-refractivity contribution is 5.83. The van der Waals surface area contributed by atoms with Gasteiger partial charge in [-0.1, -0.05) is 29.8 Å². The lowest BCUT2D eigenvalue weighted by Gasteiger charge is -2.18. The predicted octanol–water partition coefficient (Wildman–Crippen LogP) is 1.76. The first-order valence-electron chi connectivity index (χ1n) is 7.87. The number of nitrogens with two attached hydrogens (primary N) is 1. The second kappa shape index (κ2) is 9.20. The summed E-state index contributed by atoms with van der Waals surface area (Å²) in [5, 5.41) is 2.79.